The molecule has 0 nitrogen and oxygen atoms in total. The van der Waals surface area contributed by atoms with E-state index in [1.165, 1.54) is 185 Å². The van der Waals surface area contributed by atoms with E-state index in [2.05, 4.69) is 125 Å². The zero-order valence-electron chi connectivity index (χ0n) is 37.0. The fourth-order valence-corrected chi connectivity index (χ4v) is 15.9. The van der Waals surface area contributed by atoms with Crippen molar-refractivity contribution in [3.8, 4) is 22.3 Å². The molecule has 0 aliphatic heterocycles. The van der Waals surface area contributed by atoms with Gasteiger partial charge in [0.05, 0.1) is 0 Å². The van der Waals surface area contributed by atoms with Crippen molar-refractivity contribution in [3.05, 3.63) is 129 Å². The summed E-state index contributed by atoms with van der Waals surface area (Å²) in [5.41, 5.74) is 18.5. The molecule has 0 radical (unpaired) electrons. The van der Waals surface area contributed by atoms with Crippen molar-refractivity contribution in [1.29, 1.82) is 0 Å². The Balaban J connectivity index is 1.22. The maximum absolute atomic E-state index is 2.67. The van der Waals surface area contributed by atoms with Crippen LogP contribution in [0.2, 0.25) is 12.1 Å². The molecule has 4 aromatic carbocycles. The molecule has 0 N–H and O–H groups in total. The number of rotatable bonds is 26. The van der Waals surface area contributed by atoms with Crippen molar-refractivity contribution in [2.45, 2.75) is 180 Å². The summed E-state index contributed by atoms with van der Waals surface area (Å²) in [6.45, 7) is 9.29. The first-order valence-corrected chi connectivity index (χ1v) is 30.6. The minimum atomic E-state index is -1.02. The van der Waals surface area contributed by atoms with Gasteiger partial charge in [-0.15, -0.1) is 0 Å². The first-order chi connectivity index (χ1) is 28.5. The topological polar surface area (TPSA) is 0 Å². The molecule has 0 saturated heterocycles. The summed E-state index contributed by atoms with van der Waals surface area (Å²) < 4.78 is 0. The molecule has 2 unspecified atom stereocenters. The Morgan fingerprint density at radius 1 is 0.414 bits per heavy atom. The van der Waals surface area contributed by atoms with Crippen molar-refractivity contribution in [3.63, 3.8) is 0 Å². The van der Waals surface area contributed by atoms with E-state index in [0.717, 1.165) is 0 Å². The quantitative estimate of drug-likeness (QED) is 0.0436. The van der Waals surface area contributed by atoms with Crippen LogP contribution in [0, 0.1) is 0 Å². The summed E-state index contributed by atoms with van der Waals surface area (Å²) in [6.07, 6.45) is 31.6. The Morgan fingerprint density at radius 2 is 0.776 bits per heavy atom. The number of allylic oxidation sites excluding steroid dienone is 2. The third-order valence-electron chi connectivity index (χ3n) is 13.4. The first-order valence-electron chi connectivity index (χ1n) is 24.1. The second-order valence-electron chi connectivity index (χ2n) is 18.0. The van der Waals surface area contributed by atoms with Crippen molar-refractivity contribution in [2.24, 2.45) is 0 Å². The third kappa shape index (κ3) is 12.3. The molecule has 2 heteroatoms. The van der Waals surface area contributed by atoms with Gasteiger partial charge in [0.25, 0.3) is 0 Å². The van der Waals surface area contributed by atoms with Gasteiger partial charge in [-0.1, -0.05) is 52.4 Å². The van der Waals surface area contributed by atoms with Crippen molar-refractivity contribution < 1.29 is 23.9 Å². The van der Waals surface area contributed by atoms with Gasteiger partial charge in [-0.3, -0.25) is 0 Å². The predicted octanol–water partition coefficient (Wildman–Crippen LogP) is 17.1. The molecule has 4 aromatic rings. The monoisotopic (exact) mass is 865 g/mol. The maximum atomic E-state index is 2.67. The molecule has 0 amide bonds. The molecule has 6 rings (SSSR count). The molecule has 0 bridgehead atoms. The van der Waals surface area contributed by atoms with Crippen LogP contribution in [0.25, 0.3) is 34.4 Å². The average molecular weight is 868 g/mol. The molecule has 2 atom stereocenters. The Kier molecular flexibility index (Phi) is 18.7. The molecule has 2 aliphatic carbocycles. The molecule has 0 saturated carbocycles. The van der Waals surface area contributed by atoms with Crippen LogP contribution < -0.4 is 0 Å². The summed E-state index contributed by atoms with van der Waals surface area (Å²) in [7, 11) is 0. The van der Waals surface area contributed by atoms with Crippen LogP contribution in [0.15, 0.2) is 96.1 Å². The Morgan fingerprint density at radius 3 is 1.14 bits per heavy atom. The van der Waals surface area contributed by atoms with Crippen LogP contribution in [0.5, 0.6) is 0 Å². The SMILES string of the molecule is CCCCCCC1=Cc2c(-c3ccc(CCCCCC)cc3)cccc2C1C[SiH]([Zr])CC1C(CCCCCC)=Cc2c(-c3ccc(CCCCCC)cc3)cccc21. The van der Waals surface area contributed by atoms with E-state index in [1.54, 1.807) is 22.3 Å². The first kappa shape index (κ1) is 45.0. The van der Waals surface area contributed by atoms with E-state index in [4.69, 9.17) is 0 Å². The number of hydrogen-bond donors (Lipinski definition) is 0. The van der Waals surface area contributed by atoms with Gasteiger partial charge in [0.2, 0.25) is 0 Å². The number of aryl methyl sites for hydroxylation is 2. The van der Waals surface area contributed by atoms with E-state index in [0.29, 0.717) is 11.8 Å². The van der Waals surface area contributed by atoms with Gasteiger partial charge in [-0.2, -0.15) is 0 Å². The van der Waals surface area contributed by atoms with Gasteiger partial charge < -0.3 is 0 Å². The summed E-state index contributed by atoms with van der Waals surface area (Å²) in [5.74, 6) is 0.198. The molecule has 0 aromatic heterocycles. The normalized spacial score (nSPS) is 16.3. The number of unbranched alkanes of at least 4 members (excludes halogenated alkanes) is 12. The number of fused-ring (bicyclic) bond motifs is 2. The summed E-state index contributed by atoms with van der Waals surface area (Å²) >= 11 is 1.84. The van der Waals surface area contributed by atoms with Crippen molar-refractivity contribution in [2.75, 3.05) is 0 Å². The third-order valence-corrected chi connectivity index (χ3v) is 19.0. The second-order valence-corrected chi connectivity index (χ2v) is 26.3. The predicted molar refractivity (Wildman–Crippen MR) is 255 cm³/mol. The Bertz CT molecular complexity index is 1760. The van der Waals surface area contributed by atoms with Crippen LogP contribution in [-0.4, -0.2) is 5.92 Å². The minimum absolute atomic E-state index is 0.607. The van der Waals surface area contributed by atoms with Gasteiger partial charge in [0.1, 0.15) is 0 Å². The molecular formula is C56H75SiZr. The molecule has 2 aliphatic rings. The van der Waals surface area contributed by atoms with E-state index < -0.39 is 5.92 Å². The number of hydrogen-bond acceptors (Lipinski definition) is 0. The molecule has 58 heavy (non-hydrogen) atoms. The summed E-state index contributed by atoms with van der Waals surface area (Å²) in [5, 5.41) is 0. The molecular weight excluding hydrogens is 792 g/mol. The van der Waals surface area contributed by atoms with Gasteiger partial charge in [0, 0.05) is 0 Å². The van der Waals surface area contributed by atoms with Crippen LogP contribution in [0.4, 0.5) is 0 Å². The second kappa shape index (κ2) is 24.0. The van der Waals surface area contributed by atoms with Gasteiger partial charge in [-0.05, 0) is 0 Å². The fourth-order valence-electron chi connectivity index (χ4n) is 10.0. The van der Waals surface area contributed by atoms with Crippen molar-refractivity contribution in [1.82, 2.24) is 0 Å². The van der Waals surface area contributed by atoms with Crippen LogP contribution in [0.1, 0.15) is 188 Å². The fraction of sp³-hybridized carbons (Fsp3) is 0.500. The zero-order chi connectivity index (χ0) is 40.5. The van der Waals surface area contributed by atoms with E-state index >= 15 is 0 Å². The standard InChI is InChI=1S/C56H75Si.Zr/c1-5-9-13-17-23-43-31-35-45(36-32-43)49-27-21-29-51-53(49)39-47(25-19-15-11-7-3)55(51)41-57-42-56-48(26-20-16-12-8-4)40-54-50(28-22-30-52(54)56)46-37-33-44(34-38-46)24-18-14-10-6-2;/h21-22,27-40,55-57H,5-20,23-26,41-42H2,1-4H3;. The van der Waals surface area contributed by atoms with Crippen LogP contribution >= 0.6 is 0 Å². The van der Waals surface area contributed by atoms with Gasteiger partial charge >= 0.3 is 321 Å². The van der Waals surface area contributed by atoms with Crippen LogP contribution in [-0.2, 0) is 36.7 Å². The van der Waals surface area contributed by atoms with Crippen LogP contribution in [0.3, 0.4) is 0 Å². The van der Waals surface area contributed by atoms with E-state index in [9.17, 15) is 0 Å². The molecule has 307 valence electrons. The molecule has 0 heterocycles. The van der Waals surface area contributed by atoms with Gasteiger partial charge in [0.15, 0.2) is 0 Å². The molecule has 0 spiro atoms. The Hall–Kier alpha value is -2.54. The molecule has 0 fully saturated rings. The van der Waals surface area contributed by atoms with Crippen molar-refractivity contribution >= 4 is 18.1 Å². The summed E-state index contributed by atoms with van der Waals surface area (Å²) in [6, 6.07) is 36.7. The Labute approximate surface area is 371 Å². The number of benzene rings is 4. The summed E-state index contributed by atoms with van der Waals surface area (Å²) in [4.78, 5) is 0. The van der Waals surface area contributed by atoms with E-state index in [-0.39, 0.29) is 0 Å². The van der Waals surface area contributed by atoms with E-state index in [1.807, 2.05) is 23.9 Å². The zero-order valence-corrected chi connectivity index (χ0v) is 40.6. The average Bonchev–Trinajstić information content (AvgIpc) is 3.78. The van der Waals surface area contributed by atoms with Gasteiger partial charge in [-0.25, -0.2) is 0 Å².